The highest BCUT2D eigenvalue weighted by Crippen LogP contribution is 2.37. The van der Waals surface area contributed by atoms with Crippen LogP contribution in [-0.2, 0) is 0 Å². The quantitative estimate of drug-likeness (QED) is 0.290. The van der Waals surface area contributed by atoms with E-state index < -0.39 is 5.91 Å². The van der Waals surface area contributed by atoms with Crippen molar-refractivity contribution in [1.29, 1.82) is 0 Å². The molecule has 0 fully saturated rings. The fraction of sp³-hybridized carbons (Fsp3) is 0.0417. The first-order valence-electron chi connectivity index (χ1n) is 9.68. The lowest BCUT2D eigenvalue weighted by Crippen LogP contribution is -2.13. The fourth-order valence-corrected chi connectivity index (χ4v) is 4.80. The number of aromatic nitrogens is 2. The van der Waals surface area contributed by atoms with Crippen molar-refractivity contribution in [2.45, 2.75) is 6.92 Å². The Hall–Kier alpha value is -3.19. The maximum atomic E-state index is 13.1. The number of rotatable bonds is 4. The summed E-state index contributed by atoms with van der Waals surface area (Å²) in [6, 6.07) is 19.4. The number of thiazole rings is 1. The van der Waals surface area contributed by atoms with E-state index in [2.05, 4.69) is 39.7 Å². The molecular weight excluding hydrogens is 465 g/mol. The van der Waals surface area contributed by atoms with Crippen molar-refractivity contribution < 1.29 is 9.32 Å². The van der Waals surface area contributed by atoms with Crippen LogP contribution in [-0.4, -0.2) is 16.0 Å². The number of nitrogens with one attached hydrogen (secondary N) is 1. The summed E-state index contributed by atoms with van der Waals surface area (Å²) in [5.41, 5.74) is 2.77. The van der Waals surface area contributed by atoms with Crippen molar-refractivity contribution in [3.8, 4) is 22.5 Å². The molecule has 0 spiro atoms. The topological polar surface area (TPSA) is 68.0 Å². The first kappa shape index (κ1) is 20.7. The van der Waals surface area contributed by atoms with Gasteiger partial charge in [0, 0.05) is 16.5 Å². The number of benzene rings is 3. The molecule has 8 heteroatoms. The van der Waals surface area contributed by atoms with Gasteiger partial charge in [0.2, 0.25) is 0 Å². The molecule has 1 N–H and O–H groups in total. The molecule has 0 bridgehead atoms. The SMILES string of the molecule is Cc1onc(-c2c(Cl)cccc2Cl)c1C(=O)Nc1nc(-c2ccc3ccccc3c2)cs1. The largest absolute Gasteiger partial charge is 0.360 e. The molecule has 2 heterocycles. The molecule has 3 aromatic carbocycles. The maximum absolute atomic E-state index is 13.1. The highest BCUT2D eigenvalue weighted by molar-refractivity contribution is 7.14. The number of fused-ring (bicyclic) bond motifs is 1. The molecule has 0 unspecified atom stereocenters. The standard InChI is InChI=1S/C24H15Cl2N3O2S/c1-13-20(22(29-31-13)21-17(25)7-4-8-18(21)26)23(30)28-24-27-19(12-32-24)16-10-9-14-5-2-3-6-15(14)11-16/h2-12H,1H3,(H,27,28,30). The molecule has 158 valence electrons. The lowest BCUT2D eigenvalue weighted by molar-refractivity contribution is 0.102. The number of halogens is 2. The van der Waals surface area contributed by atoms with E-state index in [9.17, 15) is 4.79 Å². The van der Waals surface area contributed by atoms with Gasteiger partial charge < -0.3 is 4.52 Å². The summed E-state index contributed by atoms with van der Waals surface area (Å²) in [6.07, 6.45) is 0. The van der Waals surface area contributed by atoms with Crippen molar-refractivity contribution in [2.24, 2.45) is 0 Å². The second-order valence-electron chi connectivity index (χ2n) is 7.11. The molecule has 0 aliphatic rings. The van der Waals surface area contributed by atoms with Crippen molar-refractivity contribution in [3.05, 3.63) is 87.4 Å². The minimum atomic E-state index is -0.394. The van der Waals surface area contributed by atoms with E-state index in [1.807, 2.05) is 23.6 Å². The molecule has 5 nitrogen and oxygen atoms in total. The summed E-state index contributed by atoms with van der Waals surface area (Å²) in [5.74, 6) is -0.0334. The third-order valence-electron chi connectivity index (χ3n) is 5.06. The zero-order chi connectivity index (χ0) is 22.2. The van der Waals surface area contributed by atoms with Crippen LogP contribution < -0.4 is 5.32 Å². The van der Waals surface area contributed by atoms with E-state index >= 15 is 0 Å². The Morgan fingerprint density at radius 3 is 2.53 bits per heavy atom. The summed E-state index contributed by atoms with van der Waals surface area (Å²) < 4.78 is 5.29. The average molecular weight is 480 g/mol. The van der Waals surface area contributed by atoms with Crippen LogP contribution in [0.5, 0.6) is 0 Å². The summed E-state index contributed by atoms with van der Waals surface area (Å²) in [7, 11) is 0. The monoisotopic (exact) mass is 479 g/mol. The Bertz CT molecular complexity index is 1460. The molecular formula is C24H15Cl2N3O2S. The third-order valence-corrected chi connectivity index (χ3v) is 6.45. The average Bonchev–Trinajstić information content (AvgIpc) is 3.40. The Morgan fingerprint density at radius 1 is 1.00 bits per heavy atom. The fourth-order valence-electron chi connectivity index (χ4n) is 3.51. The van der Waals surface area contributed by atoms with E-state index in [0.29, 0.717) is 32.2 Å². The Kier molecular flexibility index (Phi) is 5.43. The predicted molar refractivity (Wildman–Crippen MR) is 130 cm³/mol. The summed E-state index contributed by atoms with van der Waals surface area (Å²) in [5, 5.41) is 12.3. The summed E-state index contributed by atoms with van der Waals surface area (Å²) >= 11 is 14.0. The second-order valence-corrected chi connectivity index (χ2v) is 8.79. The number of anilines is 1. The number of amides is 1. The molecule has 0 atom stereocenters. The van der Waals surface area contributed by atoms with Gasteiger partial charge in [-0.05, 0) is 35.9 Å². The van der Waals surface area contributed by atoms with Crippen LogP contribution in [0.15, 0.2) is 70.6 Å². The summed E-state index contributed by atoms with van der Waals surface area (Å²) in [6.45, 7) is 1.67. The highest BCUT2D eigenvalue weighted by Gasteiger charge is 2.25. The van der Waals surface area contributed by atoms with Gasteiger partial charge in [0.25, 0.3) is 5.91 Å². The van der Waals surface area contributed by atoms with Crippen LogP contribution in [0.4, 0.5) is 5.13 Å². The molecule has 2 aromatic heterocycles. The lowest BCUT2D eigenvalue weighted by atomic mass is 10.1. The minimum Gasteiger partial charge on any atom is -0.360 e. The van der Waals surface area contributed by atoms with Crippen LogP contribution in [0.2, 0.25) is 10.0 Å². The third kappa shape index (κ3) is 3.77. The number of aryl methyl sites for hydroxylation is 1. The zero-order valence-corrected chi connectivity index (χ0v) is 19.1. The van der Waals surface area contributed by atoms with Gasteiger partial charge >= 0.3 is 0 Å². The van der Waals surface area contributed by atoms with E-state index in [1.165, 1.54) is 11.3 Å². The van der Waals surface area contributed by atoms with E-state index in [-0.39, 0.29) is 5.56 Å². The zero-order valence-electron chi connectivity index (χ0n) is 16.7. The molecule has 5 rings (SSSR count). The van der Waals surface area contributed by atoms with Gasteiger partial charge in [-0.25, -0.2) is 4.98 Å². The summed E-state index contributed by atoms with van der Waals surface area (Å²) in [4.78, 5) is 17.7. The van der Waals surface area contributed by atoms with Crippen LogP contribution in [0.1, 0.15) is 16.1 Å². The molecule has 0 saturated carbocycles. The Balaban J connectivity index is 1.44. The van der Waals surface area contributed by atoms with Gasteiger partial charge in [-0.3, -0.25) is 10.1 Å². The number of carbonyl (C=O) groups is 1. The van der Waals surface area contributed by atoms with Gasteiger partial charge in [0.15, 0.2) is 5.13 Å². The molecule has 0 aliphatic carbocycles. The van der Waals surface area contributed by atoms with Crippen LogP contribution in [0.3, 0.4) is 0 Å². The van der Waals surface area contributed by atoms with Crippen molar-refractivity contribution in [1.82, 2.24) is 10.1 Å². The molecule has 1 amide bonds. The van der Waals surface area contributed by atoms with Gasteiger partial charge in [-0.15, -0.1) is 11.3 Å². The lowest BCUT2D eigenvalue weighted by Gasteiger charge is -2.06. The van der Waals surface area contributed by atoms with Crippen molar-refractivity contribution >= 4 is 56.3 Å². The molecule has 0 radical (unpaired) electrons. The van der Waals surface area contributed by atoms with Crippen molar-refractivity contribution in [2.75, 3.05) is 5.32 Å². The van der Waals surface area contributed by atoms with Gasteiger partial charge in [0.1, 0.15) is 17.0 Å². The van der Waals surface area contributed by atoms with Crippen LogP contribution in [0, 0.1) is 6.92 Å². The first-order chi connectivity index (χ1) is 15.5. The number of hydrogen-bond acceptors (Lipinski definition) is 5. The number of hydrogen-bond donors (Lipinski definition) is 1. The van der Waals surface area contributed by atoms with Gasteiger partial charge in [-0.1, -0.05) is 70.8 Å². The Morgan fingerprint density at radius 2 is 1.75 bits per heavy atom. The predicted octanol–water partition coefficient (Wildman–Crippen LogP) is 7.49. The van der Waals surface area contributed by atoms with Gasteiger partial charge in [0.05, 0.1) is 15.7 Å². The molecule has 5 aromatic rings. The first-order valence-corrected chi connectivity index (χ1v) is 11.3. The molecule has 32 heavy (non-hydrogen) atoms. The number of nitrogens with zero attached hydrogens (tertiary/aromatic N) is 2. The van der Waals surface area contributed by atoms with Crippen LogP contribution >= 0.6 is 34.5 Å². The number of carbonyl (C=O) groups excluding carboxylic acids is 1. The smallest absolute Gasteiger partial charge is 0.263 e. The Labute approximate surface area is 197 Å². The van der Waals surface area contributed by atoms with Crippen LogP contribution in [0.25, 0.3) is 33.3 Å². The minimum absolute atomic E-state index is 0.266. The highest BCUT2D eigenvalue weighted by atomic mass is 35.5. The van der Waals surface area contributed by atoms with E-state index in [4.69, 9.17) is 27.7 Å². The van der Waals surface area contributed by atoms with E-state index in [1.54, 1.807) is 25.1 Å². The normalized spacial score (nSPS) is 11.1. The molecule has 0 aliphatic heterocycles. The van der Waals surface area contributed by atoms with Gasteiger partial charge in [-0.2, -0.15) is 0 Å². The van der Waals surface area contributed by atoms with E-state index in [0.717, 1.165) is 22.0 Å². The molecule has 0 saturated heterocycles. The van der Waals surface area contributed by atoms with Crippen molar-refractivity contribution in [3.63, 3.8) is 0 Å². The maximum Gasteiger partial charge on any atom is 0.263 e. The second kappa shape index (κ2) is 8.39.